The highest BCUT2D eigenvalue weighted by Crippen LogP contribution is 2.42. The van der Waals surface area contributed by atoms with E-state index in [0.29, 0.717) is 5.82 Å². The molecule has 2 aromatic heterocycles. The van der Waals surface area contributed by atoms with Gasteiger partial charge < -0.3 is 0 Å². The van der Waals surface area contributed by atoms with E-state index in [1.807, 2.05) is 24.3 Å². The van der Waals surface area contributed by atoms with Gasteiger partial charge in [0.05, 0.1) is 16.7 Å². The van der Waals surface area contributed by atoms with Crippen molar-refractivity contribution in [2.45, 2.75) is 0 Å². The van der Waals surface area contributed by atoms with Gasteiger partial charge in [0.25, 0.3) is 0 Å². The molecule has 0 atom stereocenters. The first-order valence-corrected chi connectivity index (χ1v) is 15.9. The van der Waals surface area contributed by atoms with Crippen molar-refractivity contribution in [3.05, 3.63) is 176 Å². The minimum Gasteiger partial charge on any atom is -0.294 e. The van der Waals surface area contributed by atoms with Crippen LogP contribution in [-0.4, -0.2) is 14.5 Å². The van der Waals surface area contributed by atoms with Crippen molar-refractivity contribution < 1.29 is 0 Å². The number of hydrogen-bond donors (Lipinski definition) is 0. The van der Waals surface area contributed by atoms with Crippen molar-refractivity contribution in [1.82, 2.24) is 14.5 Å². The van der Waals surface area contributed by atoms with Crippen LogP contribution in [0.4, 0.5) is 0 Å². The van der Waals surface area contributed by atoms with E-state index in [2.05, 4.69) is 156 Å². The average molecular weight is 600 g/mol. The lowest BCUT2D eigenvalue weighted by molar-refractivity contribution is 1.05. The van der Waals surface area contributed by atoms with E-state index < -0.39 is 0 Å². The molecule has 0 radical (unpaired) electrons. The molecule has 2 heterocycles. The molecule has 9 rings (SSSR count). The Balaban J connectivity index is 1.44. The molecule has 0 aliphatic heterocycles. The van der Waals surface area contributed by atoms with Gasteiger partial charge >= 0.3 is 0 Å². The molecule has 0 bridgehead atoms. The van der Waals surface area contributed by atoms with Crippen LogP contribution in [-0.2, 0) is 0 Å². The number of fused-ring (bicyclic) bond motifs is 5. The molecule has 47 heavy (non-hydrogen) atoms. The zero-order chi connectivity index (χ0) is 31.2. The fourth-order valence-electron chi connectivity index (χ4n) is 6.81. The lowest BCUT2D eigenvalue weighted by atomic mass is 9.94. The Bertz CT molecular complexity index is 2480. The Morgan fingerprint density at radius 1 is 0.362 bits per heavy atom. The zero-order valence-corrected chi connectivity index (χ0v) is 25.6. The van der Waals surface area contributed by atoms with E-state index in [1.165, 1.54) is 38.2 Å². The summed E-state index contributed by atoms with van der Waals surface area (Å²) in [4.78, 5) is 10.4. The van der Waals surface area contributed by atoms with Crippen molar-refractivity contribution in [2.75, 3.05) is 0 Å². The molecule has 0 saturated carbocycles. The zero-order valence-electron chi connectivity index (χ0n) is 25.6. The van der Waals surface area contributed by atoms with Gasteiger partial charge in [-0.2, -0.15) is 0 Å². The second-order valence-corrected chi connectivity index (χ2v) is 11.8. The van der Waals surface area contributed by atoms with Crippen LogP contribution in [0.5, 0.6) is 0 Å². The predicted molar refractivity (Wildman–Crippen MR) is 196 cm³/mol. The summed E-state index contributed by atoms with van der Waals surface area (Å²) < 4.78 is 2.34. The van der Waals surface area contributed by atoms with Crippen molar-refractivity contribution in [3.63, 3.8) is 0 Å². The molecule has 7 aromatic carbocycles. The van der Waals surface area contributed by atoms with E-state index in [4.69, 9.17) is 9.97 Å². The third kappa shape index (κ3) is 4.68. The predicted octanol–water partition coefficient (Wildman–Crippen LogP) is 11.4. The minimum absolute atomic E-state index is 0.695. The maximum absolute atomic E-state index is 5.31. The van der Waals surface area contributed by atoms with E-state index >= 15 is 0 Å². The summed E-state index contributed by atoms with van der Waals surface area (Å²) in [5.74, 6) is 1.53. The number of nitrogens with zero attached hydrogens (tertiary/aromatic N) is 3. The van der Waals surface area contributed by atoms with Crippen molar-refractivity contribution in [3.8, 4) is 50.7 Å². The molecule has 0 spiro atoms. The summed E-state index contributed by atoms with van der Waals surface area (Å²) in [7, 11) is 0. The molecule has 0 saturated heterocycles. The molecule has 3 heteroatoms. The molecule has 0 N–H and O–H groups in total. The monoisotopic (exact) mass is 599 g/mol. The van der Waals surface area contributed by atoms with Gasteiger partial charge in [0, 0.05) is 28.0 Å². The third-order valence-corrected chi connectivity index (χ3v) is 9.01. The summed E-state index contributed by atoms with van der Waals surface area (Å²) in [5.41, 5.74) is 9.85. The summed E-state index contributed by atoms with van der Waals surface area (Å²) in [6.45, 7) is 0. The SMILES string of the molecule is c1ccc(-c2ccc3c4c5ccccc5c(-c5ccccc5)cc4n(-c4cc(-c5ccccc5)nc(-c5ccccc5)n4)c3c2)cc1. The fraction of sp³-hybridized carbons (Fsp3) is 0. The standard InChI is InChI=1S/C44H29N3/c1-5-15-30(16-6-1)34-25-26-37-40(27-34)47(41-28-38(31-17-7-2-8-18-31)35-23-13-14-24-36(35)43(37)41)42-29-39(32-19-9-3-10-20-32)45-44(46-42)33-21-11-4-12-22-33/h1-29H. The Hall–Kier alpha value is -6.32. The van der Waals surface area contributed by atoms with Gasteiger partial charge in [0.2, 0.25) is 0 Å². The molecule has 3 nitrogen and oxygen atoms in total. The summed E-state index contributed by atoms with van der Waals surface area (Å²) >= 11 is 0. The molecule has 0 aliphatic rings. The number of benzene rings is 7. The smallest absolute Gasteiger partial charge is 0.162 e. The second kappa shape index (κ2) is 11.2. The minimum atomic E-state index is 0.695. The van der Waals surface area contributed by atoms with Crippen LogP contribution in [0.2, 0.25) is 0 Å². The molecule has 0 unspecified atom stereocenters. The van der Waals surface area contributed by atoms with Gasteiger partial charge in [0.15, 0.2) is 5.82 Å². The third-order valence-electron chi connectivity index (χ3n) is 9.01. The number of hydrogen-bond acceptors (Lipinski definition) is 2. The highest BCUT2D eigenvalue weighted by atomic mass is 15.1. The Kier molecular flexibility index (Phi) is 6.46. The average Bonchev–Trinajstić information content (AvgIpc) is 3.49. The van der Waals surface area contributed by atoms with E-state index in [0.717, 1.165) is 39.2 Å². The van der Waals surface area contributed by atoms with Gasteiger partial charge in [-0.1, -0.05) is 158 Å². The largest absolute Gasteiger partial charge is 0.294 e. The molecular formula is C44H29N3. The number of aromatic nitrogens is 3. The Labute approximate surface area is 273 Å². The highest BCUT2D eigenvalue weighted by molar-refractivity contribution is 6.24. The van der Waals surface area contributed by atoms with Crippen LogP contribution < -0.4 is 0 Å². The van der Waals surface area contributed by atoms with Crippen LogP contribution in [0.1, 0.15) is 0 Å². The van der Waals surface area contributed by atoms with Gasteiger partial charge in [-0.15, -0.1) is 0 Å². The topological polar surface area (TPSA) is 30.7 Å². The molecule has 0 fully saturated rings. The van der Waals surface area contributed by atoms with Gasteiger partial charge in [-0.25, -0.2) is 9.97 Å². The van der Waals surface area contributed by atoms with Gasteiger partial charge in [-0.3, -0.25) is 4.57 Å². The highest BCUT2D eigenvalue weighted by Gasteiger charge is 2.21. The summed E-state index contributed by atoms with van der Waals surface area (Å²) in [6, 6.07) is 62.0. The van der Waals surface area contributed by atoms with Crippen LogP contribution >= 0.6 is 0 Å². The first-order valence-electron chi connectivity index (χ1n) is 15.9. The quantitative estimate of drug-likeness (QED) is 0.197. The van der Waals surface area contributed by atoms with Crippen molar-refractivity contribution in [2.24, 2.45) is 0 Å². The van der Waals surface area contributed by atoms with Crippen molar-refractivity contribution in [1.29, 1.82) is 0 Å². The first-order chi connectivity index (χ1) is 23.3. The normalized spacial score (nSPS) is 11.4. The van der Waals surface area contributed by atoms with Crippen LogP contribution in [0, 0.1) is 0 Å². The number of rotatable bonds is 5. The van der Waals surface area contributed by atoms with Gasteiger partial charge in [0.1, 0.15) is 5.82 Å². The molecule has 0 aliphatic carbocycles. The van der Waals surface area contributed by atoms with Crippen LogP contribution in [0.25, 0.3) is 83.3 Å². The van der Waals surface area contributed by atoms with E-state index in [9.17, 15) is 0 Å². The van der Waals surface area contributed by atoms with Crippen LogP contribution in [0.3, 0.4) is 0 Å². The van der Waals surface area contributed by atoms with Crippen LogP contribution in [0.15, 0.2) is 176 Å². The first kappa shape index (κ1) is 27.0. The Morgan fingerprint density at radius 3 is 1.62 bits per heavy atom. The molecular weight excluding hydrogens is 571 g/mol. The summed E-state index contributed by atoms with van der Waals surface area (Å²) in [6.07, 6.45) is 0. The fourth-order valence-corrected chi connectivity index (χ4v) is 6.81. The van der Waals surface area contributed by atoms with Gasteiger partial charge in [-0.05, 0) is 45.2 Å². The summed E-state index contributed by atoms with van der Waals surface area (Å²) in [5, 5.41) is 4.86. The van der Waals surface area contributed by atoms with Crippen molar-refractivity contribution >= 4 is 32.6 Å². The lowest BCUT2D eigenvalue weighted by Crippen LogP contribution is -2.02. The second-order valence-electron chi connectivity index (χ2n) is 11.8. The maximum Gasteiger partial charge on any atom is 0.162 e. The molecule has 0 amide bonds. The molecule has 220 valence electrons. The Morgan fingerprint density at radius 2 is 0.936 bits per heavy atom. The van der Waals surface area contributed by atoms with E-state index in [-0.39, 0.29) is 0 Å². The van der Waals surface area contributed by atoms with E-state index in [1.54, 1.807) is 0 Å². The molecule has 9 aromatic rings. The lowest BCUT2D eigenvalue weighted by Gasteiger charge is -2.14. The maximum atomic E-state index is 5.31.